The molecule has 0 aromatic rings. The second kappa shape index (κ2) is 12.0. The normalized spacial score (nSPS) is 11.9. The Morgan fingerprint density at radius 1 is 0.947 bits per heavy atom. The van der Waals surface area contributed by atoms with Gasteiger partial charge in [-0.1, -0.05) is 39.5 Å². The third kappa shape index (κ3) is 11.7. The van der Waals surface area contributed by atoms with Crippen molar-refractivity contribution in [3.05, 3.63) is 0 Å². The van der Waals surface area contributed by atoms with Gasteiger partial charge < -0.3 is 9.47 Å². The Bertz CT molecular complexity index is 251. The van der Waals surface area contributed by atoms with Gasteiger partial charge in [0.05, 0.1) is 25.6 Å². The van der Waals surface area contributed by atoms with Crippen LogP contribution in [0.15, 0.2) is 0 Å². The number of carbonyl (C=O) groups excluding carboxylic acids is 2. The SMILES string of the molecule is CCCCCCOC(=O)CCC(=O)OC(C)CCC. The second-order valence-corrected chi connectivity index (χ2v) is 4.87. The van der Waals surface area contributed by atoms with E-state index in [0.29, 0.717) is 6.61 Å². The average Bonchev–Trinajstić information content (AvgIpc) is 2.36. The van der Waals surface area contributed by atoms with E-state index < -0.39 is 0 Å². The van der Waals surface area contributed by atoms with Gasteiger partial charge in [-0.25, -0.2) is 0 Å². The van der Waals surface area contributed by atoms with E-state index in [1.807, 2.05) is 13.8 Å². The second-order valence-electron chi connectivity index (χ2n) is 4.87. The lowest BCUT2D eigenvalue weighted by Crippen LogP contribution is -2.16. The Kier molecular flexibility index (Phi) is 11.3. The van der Waals surface area contributed by atoms with Crippen LogP contribution >= 0.6 is 0 Å². The molecular weight excluding hydrogens is 244 g/mol. The molecule has 4 heteroatoms. The van der Waals surface area contributed by atoms with Gasteiger partial charge in [0.2, 0.25) is 0 Å². The van der Waals surface area contributed by atoms with Crippen LogP contribution in [0.2, 0.25) is 0 Å². The van der Waals surface area contributed by atoms with Gasteiger partial charge in [-0.3, -0.25) is 9.59 Å². The molecule has 0 saturated carbocycles. The van der Waals surface area contributed by atoms with E-state index in [4.69, 9.17) is 9.47 Å². The maximum atomic E-state index is 11.4. The van der Waals surface area contributed by atoms with E-state index in [2.05, 4.69) is 6.92 Å². The number of rotatable bonds is 11. The molecule has 0 heterocycles. The Hall–Kier alpha value is -1.06. The first-order valence-electron chi connectivity index (χ1n) is 7.45. The summed E-state index contributed by atoms with van der Waals surface area (Å²) >= 11 is 0. The summed E-state index contributed by atoms with van der Waals surface area (Å²) in [5.74, 6) is -0.625. The summed E-state index contributed by atoms with van der Waals surface area (Å²) in [6, 6.07) is 0. The highest BCUT2D eigenvalue weighted by Crippen LogP contribution is 2.05. The Labute approximate surface area is 116 Å². The van der Waals surface area contributed by atoms with E-state index in [1.54, 1.807) is 0 Å². The van der Waals surface area contributed by atoms with Gasteiger partial charge in [-0.2, -0.15) is 0 Å². The Morgan fingerprint density at radius 2 is 1.63 bits per heavy atom. The van der Waals surface area contributed by atoms with E-state index in [9.17, 15) is 9.59 Å². The molecule has 4 nitrogen and oxygen atoms in total. The summed E-state index contributed by atoms with van der Waals surface area (Å²) in [5.41, 5.74) is 0. The molecule has 0 amide bonds. The number of hydrogen-bond acceptors (Lipinski definition) is 4. The summed E-state index contributed by atoms with van der Waals surface area (Å²) in [4.78, 5) is 22.8. The molecule has 0 aromatic carbocycles. The maximum absolute atomic E-state index is 11.4. The van der Waals surface area contributed by atoms with Gasteiger partial charge in [0.15, 0.2) is 0 Å². The minimum absolute atomic E-state index is 0.0671. The number of esters is 2. The first-order chi connectivity index (χ1) is 9.10. The molecule has 0 fully saturated rings. The van der Waals surface area contributed by atoms with Crippen molar-refractivity contribution in [2.24, 2.45) is 0 Å². The number of carbonyl (C=O) groups is 2. The average molecular weight is 272 g/mol. The lowest BCUT2D eigenvalue weighted by Gasteiger charge is -2.11. The van der Waals surface area contributed by atoms with Crippen molar-refractivity contribution in [2.45, 2.75) is 78.2 Å². The summed E-state index contributed by atoms with van der Waals surface area (Å²) in [7, 11) is 0. The van der Waals surface area contributed by atoms with Crippen molar-refractivity contribution in [2.75, 3.05) is 6.61 Å². The van der Waals surface area contributed by atoms with Crippen molar-refractivity contribution in [1.29, 1.82) is 0 Å². The van der Waals surface area contributed by atoms with E-state index in [1.165, 1.54) is 6.42 Å². The predicted molar refractivity (Wildman–Crippen MR) is 74.8 cm³/mol. The number of ether oxygens (including phenoxy) is 2. The lowest BCUT2D eigenvalue weighted by atomic mass is 10.2. The molecule has 0 N–H and O–H groups in total. The van der Waals surface area contributed by atoms with Gasteiger partial charge in [-0.15, -0.1) is 0 Å². The van der Waals surface area contributed by atoms with Crippen LogP contribution in [0.1, 0.15) is 72.1 Å². The van der Waals surface area contributed by atoms with Crippen LogP contribution in [0.3, 0.4) is 0 Å². The first kappa shape index (κ1) is 17.9. The molecule has 1 atom stereocenters. The standard InChI is InChI=1S/C15H28O4/c1-4-6-7-8-12-18-14(16)10-11-15(17)19-13(3)9-5-2/h13H,4-12H2,1-3H3. The zero-order chi connectivity index (χ0) is 14.5. The Balaban J connectivity index is 3.53. The van der Waals surface area contributed by atoms with Gasteiger partial charge in [0.1, 0.15) is 0 Å². The van der Waals surface area contributed by atoms with Crippen molar-refractivity contribution in [1.82, 2.24) is 0 Å². The van der Waals surface area contributed by atoms with Crippen LogP contribution in [0.4, 0.5) is 0 Å². The van der Waals surface area contributed by atoms with Gasteiger partial charge >= 0.3 is 11.9 Å². The van der Waals surface area contributed by atoms with Crippen molar-refractivity contribution in [3.63, 3.8) is 0 Å². The van der Waals surface area contributed by atoms with Crippen molar-refractivity contribution < 1.29 is 19.1 Å². The molecule has 0 bridgehead atoms. The molecule has 0 radical (unpaired) electrons. The van der Waals surface area contributed by atoms with Crippen LogP contribution in [0, 0.1) is 0 Å². The fourth-order valence-electron chi connectivity index (χ4n) is 1.74. The molecule has 1 unspecified atom stereocenters. The summed E-state index contributed by atoms with van der Waals surface area (Å²) in [6.07, 6.45) is 6.31. The highest BCUT2D eigenvalue weighted by molar-refractivity contribution is 5.77. The zero-order valence-electron chi connectivity index (χ0n) is 12.6. The topological polar surface area (TPSA) is 52.6 Å². The third-order valence-electron chi connectivity index (χ3n) is 2.82. The van der Waals surface area contributed by atoms with Gasteiger partial charge in [0.25, 0.3) is 0 Å². The lowest BCUT2D eigenvalue weighted by molar-refractivity contribution is -0.153. The summed E-state index contributed by atoms with van der Waals surface area (Å²) < 4.78 is 10.2. The Morgan fingerprint density at radius 3 is 2.26 bits per heavy atom. The van der Waals surface area contributed by atoms with Crippen LogP contribution < -0.4 is 0 Å². The van der Waals surface area contributed by atoms with E-state index in [0.717, 1.165) is 32.1 Å². The smallest absolute Gasteiger partial charge is 0.306 e. The molecule has 112 valence electrons. The third-order valence-corrected chi connectivity index (χ3v) is 2.82. The minimum atomic E-state index is -0.316. The highest BCUT2D eigenvalue weighted by atomic mass is 16.5. The van der Waals surface area contributed by atoms with E-state index >= 15 is 0 Å². The largest absolute Gasteiger partial charge is 0.466 e. The fraction of sp³-hybridized carbons (Fsp3) is 0.867. The van der Waals surface area contributed by atoms with Crippen LogP contribution in [-0.4, -0.2) is 24.6 Å². The van der Waals surface area contributed by atoms with Gasteiger partial charge in [0, 0.05) is 0 Å². The summed E-state index contributed by atoms with van der Waals surface area (Å²) in [6.45, 7) is 6.50. The maximum Gasteiger partial charge on any atom is 0.306 e. The number of unbranched alkanes of at least 4 members (excludes halogenated alkanes) is 3. The first-order valence-corrected chi connectivity index (χ1v) is 7.45. The van der Waals surface area contributed by atoms with Gasteiger partial charge in [-0.05, 0) is 19.8 Å². The summed E-state index contributed by atoms with van der Waals surface area (Å²) in [5, 5.41) is 0. The molecule has 0 saturated heterocycles. The monoisotopic (exact) mass is 272 g/mol. The molecule has 0 rings (SSSR count). The molecular formula is C15H28O4. The van der Waals surface area contributed by atoms with Crippen molar-refractivity contribution >= 4 is 11.9 Å². The quantitative estimate of drug-likeness (QED) is 0.426. The van der Waals surface area contributed by atoms with E-state index in [-0.39, 0.29) is 30.9 Å². The van der Waals surface area contributed by atoms with Crippen LogP contribution in [0.25, 0.3) is 0 Å². The molecule has 0 aromatic heterocycles. The molecule has 0 aliphatic heterocycles. The zero-order valence-corrected chi connectivity index (χ0v) is 12.6. The molecule has 19 heavy (non-hydrogen) atoms. The fourth-order valence-corrected chi connectivity index (χ4v) is 1.74. The molecule has 0 spiro atoms. The number of hydrogen-bond donors (Lipinski definition) is 0. The minimum Gasteiger partial charge on any atom is -0.466 e. The van der Waals surface area contributed by atoms with Crippen molar-refractivity contribution in [3.8, 4) is 0 Å². The molecule has 0 aliphatic carbocycles. The molecule has 0 aliphatic rings. The predicted octanol–water partition coefficient (Wildman–Crippen LogP) is 3.62. The van der Waals surface area contributed by atoms with Crippen LogP contribution in [0.5, 0.6) is 0 Å². The highest BCUT2D eigenvalue weighted by Gasteiger charge is 2.11. The van der Waals surface area contributed by atoms with Crippen LogP contribution in [-0.2, 0) is 19.1 Å².